The van der Waals surface area contributed by atoms with E-state index in [1.807, 2.05) is 12.1 Å². The molecule has 2 nitrogen and oxygen atoms in total. The Hall–Kier alpha value is -1.96. The van der Waals surface area contributed by atoms with Crippen molar-refractivity contribution in [3.8, 4) is 5.75 Å². The van der Waals surface area contributed by atoms with Crippen LogP contribution in [-0.4, -0.2) is 13.2 Å². The Morgan fingerprint density at radius 1 is 1.00 bits per heavy atom. The summed E-state index contributed by atoms with van der Waals surface area (Å²) in [5.41, 5.74) is 2.54. The van der Waals surface area contributed by atoms with Crippen LogP contribution < -0.4 is 9.64 Å². The third-order valence-electron chi connectivity index (χ3n) is 3.51. The number of benzene rings is 2. The van der Waals surface area contributed by atoms with Crippen molar-refractivity contribution in [2.24, 2.45) is 0 Å². The van der Waals surface area contributed by atoms with Gasteiger partial charge in [0.2, 0.25) is 0 Å². The predicted molar refractivity (Wildman–Crippen MR) is 74.1 cm³/mol. The van der Waals surface area contributed by atoms with Crippen LogP contribution in [0.1, 0.15) is 18.5 Å². The highest BCUT2D eigenvalue weighted by Gasteiger charge is 2.22. The van der Waals surface area contributed by atoms with E-state index in [1.165, 1.54) is 11.3 Å². The van der Waals surface area contributed by atoms with Crippen molar-refractivity contribution >= 4 is 5.69 Å². The first-order valence-corrected chi connectivity index (χ1v) is 6.39. The molecular formula is C16H17NO. The van der Waals surface area contributed by atoms with E-state index in [9.17, 15) is 0 Å². The first kappa shape index (κ1) is 11.1. The summed E-state index contributed by atoms with van der Waals surface area (Å²) in [4.78, 5) is 2.41. The van der Waals surface area contributed by atoms with Crippen molar-refractivity contribution in [2.45, 2.75) is 13.0 Å². The molecule has 0 saturated heterocycles. The van der Waals surface area contributed by atoms with Crippen molar-refractivity contribution < 1.29 is 4.74 Å². The normalized spacial score (nSPS) is 15.7. The van der Waals surface area contributed by atoms with Gasteiger partial charge in [-0.15, -0.1) is 0 Å². The molecule has 0 amide bonds. The van der Waals surface area contributed by atoms with Gasteiger partial charge in [0.1, 0.15) is 12.4 Å². The van der Waals surface area contributed by atoms with E-state index in [4.69, 9.17) is 4.74 Å². The maximum Gasteiger partial charge on any atom is 0.142 e. The molecule has 0 bridgehead atoms. The van der Waals surface area contributed by atoms with Gasteiger partial charge in [0.25, 0.3) is 0 Å². The van der Waals surface area contributed by atoms with E-state index < -0.39 is 0 Å². The van der Waals surface area contributed by atoms with Crippen LogP contribution in [0.2, 0.25) is 0 Å². The topological polar surface area (TPSA) is 12.5 Å². The average Bonchev–Trinajstić information content (AvgIpc) is 2.47. The molecule has 18 heavy (non-hydrogen) atoms. The van der Waals surface area contributed by atoms with Crippen LogP contribution in [0.25, 0.3) is 0 Å². The van der Waals surface area contributed by atoms with E-state index in [-0.39, 0.29) is 0 Å². The number of fused-ring (bicyclic) bond motifs is 1. The number of nitrogens with zero attached hydrogens (tertiary/aromatic N) is 1. The maximum atomic E-state index is 5.70. The largest absolute Gasteiger partial charge is 0.490 e. The van der Waals surface area contributed by atoms with Crippen molar-refractivity contribution in [2.75, 3.05) is 18.1 Å². The summed E-state index contributed by atoms with van der Waals surface area (Å²) in [7, 11) is 0. The summed E-state index contributed by atoms with van der Waals surface area (Å²) >= 11 is 0. The lowest BCUT2D eigenvalue weighted by molar-refractivity contribution is 0.302. The van der Waals surface area contributed by atoms with Gasteiger partial charge in [0, 0.05) is 0 Å². The van der Waals surface area contributed by atoms with Crippen LogP contribution in [-0.2, 0) is 0 Å². The Morgan fingerprint density at radius 2 is 1.72 bits per heavy atom. The molecule has 0 N–H and O–H groups in total. The summed E-state index contributed by atoms with van der Waals surface area (Å²) in [5.74, 6) is 0.992. The Kier molecular flexibility index (Phi) is 2.93. The quantitative estimate of drug-likeness (QED) is 0.793. The fourth-order valence-corrected chi connectivity index (χ4v) is 2.50. The van der Waals surface area contributed by atoms with Gasteiger partial charge in [-0.25, -0.2) is 0 Å². The molecule has 2 aromatic carbocycles. The fourth-order valence-electron chi connectivity index (χ4n) is 2.50. The SMILES string of the molecule is CC(c1ccccc1)N1CCOc2ccccc21. The lowest BCUT2D eigenvalue weighted by Crippen LogP contribution is -2.34. The van der Waals surface area contributed by atoms with E-state index in [1.54, 1.807) is 0 Å². The standard InChI is InChI=1S/C16H17NO/c1-13(14-7-3-2-4-8-14)17-11-12-18-16-10-6-5-9-15(16)17/h2-10,13H,11-12H2,1H3. The van der Waals surface area contributed by atoms with Gasteiger partial charge in [-0.2, -0.15) is 0 Å². The zero-order valence-corrected chi connectivity index (χ0v) is 10.5. The molecule has 0 fully saturated rings. The molecule has 2 heteroatoms. The summed E-state index contributed by atoms with van der Waals surface area (Å²) in [6, 6.07) is 19.3. The maximum absolute atomic E-state index is 5.70. The van der Waals surface area contributed by atoms with Gasteiger partial charge in [-0.05, 0) is 24.6 Å². The second-order valence-electron chi connectivity index (χ2n) is 4.60. The second-order valence-corrected chi connectivity index (χ2v) is 4.60. The van der Waals surface area contributed by atoms with Crippen LogP contribution in [0.3, 0.4) is 0 Å². The molecule has 1 atom stereocenters. The van der Waals surface area contributed by atoms with Crippen molar-refractivity contribution in [3.63, 3.8) is 0 Å². The van der Waals surface area contributed by atoms with Crippen LogP contribution in [0.5, 0.6) is 5.75 Å². The molecule has 1 heterocycles. The van der Waals surface area contributed by atoms with Crippen LogP contribution in [0.15, 0.2) is 54.6 Å². The second kappa shape index (κ2) is 4.73. The monoisotopic (exact) mass is 239 g/mol. The van der Waals surface area contributed by atoms with Crippen molar-refractivity contribution in [1.29, 1.82) is 0 Å². The summed E-state index contributed by atoms with van der Waals surface area (Å²) in [6.07, 6.45) is 0. The molecule has 1 aliphatic rings. The Morgan fingerprint density at radius 3 is 2.56 bits per heavy atom. The van der Waals surface area contributed by atoms with Gasteiger partial charge in [0.05, 0.1) is 18.3 Å². The zero-order valence-electron chi connectivity index (χ0n) is 10.5. The lowest BCUT2D eigenvalue weighted by Gasteiger charge is -2.36. The highest BCUT2D eigenvalue weighted by Crippen LogP contribution is 2.36. The smallest absolute Gasteiger partial charge is 0.142 e. The van der Waals surface area contributed by atoms with Gasteiger partial charge in [-0.3, -0.25) is 0 Å². The van der Waals surface area contributed by atoms with Crippen LogP contribution >= 0.6 is 0 Å². The van der Waals surface area contributed by atoms with Gasteiger partial charge < -0.3 is 9.64 Å². The number of hydrogen-bond acceptors (Lipinski definition) is 2. The van der Waals surface area contributed by atoms with Gasteiger partial charge in [0.15, 0.2) is 0 Å². The third kappa shape index (κ3) is 1.94. The Balaban J connectivity index is 1.94. The first-order chi connectivity index (χ1) is 8.86. The average molecular weight is 239 g/mol. The van der Waals surface area contributed by atoms with Crippen molar-refractivity contribution in [1.82, 2.24) is 0 Å². The fraction of sp³-hybridized carbons (Fsp3) is 0.250. The number of anilines is 1. The van der Waals surface area contributed by atoms with E-state index in [0.717, 1.165) is 18.9 Å². The molecule has 92 valence electrons. The Bertz CT molecular complexity index is 524. The van der Waals surface area contributed by atoms with Crippen molar-refractivity contribution in [3.05, 3.63) is 60.2 Å². The number of para-hydroxylation sites is 2. The highest BCUT2D eigenvalue weighted by molar-refractivity contribution is 5.61. The molecule has 0 spiro atoms. The minimum absolute atomic E-state index is 0.372. The predicted octanol–water partition coefficient (Wildman–Crippen LogP) is 3.65. The third-order valence-corrected chi connectivity index (χ3v) is 3.51. The summed E-state index contributed by atoms with van der Waals surface area (Å²) < 4.78 is 5.70. The van der Waals surface area contributed by atoms with Gasteiger partial charge >= 0.3 is 0 Å². The minimum Gasteiger partial charge on any atom is -0.490 e. The Labute approximate surface area is 108 Å². The van der Waals surface area contributed by atoms with E-state index in [0.29, 0.717) is 6.04 Å². The molecule has 3 rings (SSSR count). The number of hydrogen-bond donors (Lipinski definition) is 0. The molecular weight excluding hydrogens is 222 g/mol. The molecule has 1 unspecified atom stereocenters. The minimum atomic E-state index is 0.372. The zero-order chi connectivity index (χ0) is 12.4. The summed E-state index contributed by atoms with van der Waals surface area (Å²) in [5, 5.41) is 0. The summed E-state index contributed by atoms with van der Waals surface area (Å²) in [6.45, 7) is 3.94. The number of ether oxygens (including phenoxy) is 1. The van der Waals surface area contributed by atoms with E-state index in [2.05, 4.69) is 54.3 Å². The molecule has 0 aliphatic carbocycles. The van der Waals surface area contributed by atoms with E-state index >= 15 is 0 Å². The van der Waals surface area contributed by atoms with Crippen LogP contribution in [0, 0.1) is 0 Å². The highest BCUT2D eigenvalue weighted by atomic mass is 16.5. The molecule has 0 aromatic heterocycles. The molecule has 2 aromatic rings. The van der Waals surface area contributed by atoms with Gasteiger partial charge in [-0.1, -0.05) is 42.5 Å². The molecule has 1 aliphatic heterocycles. The molecule has 0 radical (unpaired) electrons. The lowest BCUT2D eigenvalue weighted by atomic mass is 10.1. The first-order valence-electron chi connectivity index (χ1n) is 6.39. The van der Waals surface area contributed by atoms with Crippen LogP contribution in [0.4, 0.5) is 5.69 Å². The molecule has 0 saturated carbocycles. The number of rotatable bonds is 2.